The van der Waals surface area contributed by atoms with E-state index in [1.54, 1.807) is 6.92 Å². The van der Waals surface area contributed by atoms with E-state index in [1.165, 1.54) is 5.56 Å². The van der Waals surface area contributed by atoms with Crippen molar-refractivity contribution in [1.82, 2.24) is 5.32 Å². The highest BCUT2D eigenvalue weighted by Crippen LogP contribution is 2.26. The number of aliphatic hydroxyl groups excluding tert-OH is 1. The van der Waals surface area contributed by atoms with Gasteiger partial charge in [-0.25, -0.2) is 0 Å². The van der Waals surface area contributed by atoms with Crippen LogP contribution >= 0.6 is 0 Å². The van der Waals surface area contributed by atoms with Crippen molar-refractivity contribution in [2.24, 2.45) is 5.41 Å². The van der Waals surface area contributed by atoms with Crippen molar-refractivity contribution in [3.8, 4) is 0 Å². The number of nitrogens with one attached hydrogen (secondary N) is 1. The molecule has 1 rings (SSSR count). The van der Waals surface area contributed by atoms with Crippen molar-refractivity contribution < 1.29 is 9.90 Å². The van der Waals surface area contributed by atoms with Gasteiger partial charge in [-0.15, -0.1) is 0 Å². The molecule has 0 bridgehead atoms. The number of amides is 1. The fourth-order valence-electron chi connectivity index (χ4n) is 1.85. The number of carbonyl (C=O) groups excluding carboxylic acids is 1. The zero-order chi connectivity index (χ0) is 13.6. The highest BCUT2D eigenvalue weighted by atomic mass is 16.3. The van der Waals surface area contributed by atoms with Gasteiger partial charge in [0.15, 0.2) is 0 Å². The fraction of sp³-hybridized carbons (Fsp3) is 0.533. The van der Waals surface area contributed by atoms with Crippen LogP contribution in [-0.2, 0) is 11.2 Å². The molecule has 0 spiro atoms. The largest absolute Gasteiger partial charge is 0.393 e. The van der Waals surface area contributed by atoms with Crippen molar-refractivity contribution in [2.45, 2.75) is 39.7 Å². The smallest absolute Gasteiger partial charge is 0.219 e. The summed E-state index contributed by atoms with van der Waals surface area (Å²) in [6.07, 6.45) is 0.742. The SMILES string of the molecule is CCC(=O)NC[C@](C)(Cc1ccccc1)[C@H](C)O. The van der Waals surface area contributed by atoms with Crippen LogP contribution < -0.4 is 5.32 Å². The number of carbonyl (C=O) groups is 1. The number of hydrogen-bond donors (Lipinski definition) is 2. The average molecular weight is 249 g/mol. The first-order valence-corrected chi connectivity index (χ1v) is 6.46. The predicted molar refractivity (Wildman–Crippen MR) is 73.2 cm³/mol. The van der Waals surface area contributed by atoms with Crippen molar-refractivity contribution in [3.63, 3.8) is 0 Å². The minimum Gasteiger partial charge on any atom is -0.393 e. The maximum atomic E-state index is 11.3. The summed E-state index contributed by atoms with van der Waals surface area (Å²) in [5, 5.41) is 12.8. The molecule has 0 aliphatic heterocycles. The van der Waals surface area contributed by atoms with Crippen LogP contribution in [0.1, 0.15) is 32.8 Å². The second-order valence-corrected chi connectivity index (χ2v) is 5.12. The van der Waals surface area contributed by atoms with Crippen LogP contribution in [-0.4, -0.2) is 23.7 Å². The lowest BCUT2D eigenvalue weighted by atomic mass is 9.79. The summed E-state index contributed by atoms with van der Waals surface area (Å²) in [6.45, 7) is 6.10. The van der Waals surface area contributed by atoms with Gasteiger partial charge in [-0.1, -0.05) is 44.2 Å². The monoisotopic (exact) mass is 249 g/mol. The Kier molecular flexibility index (Phi) is 5.35. The Morgan fingerprint density at radius 1 is 1.39 bits per heavy atom. The van der Waals surface area contributed by atoms with Gasteiger partial charge in [0, 0.05) is 18.4 Å². The van der Waals surface area contributed by atoms with Crippen molar-refractivity contribution in [2.75, 3.05) is 6.54 Å². The molecule has 0 aromatic heterocycles. The second kappa shape index (κ2) is 6.55. The van der Waals surface area contributed by atoms with Crippen LogP contribution in [0.2, 0.25) is 0 Å². The summed E-state index contributed by atoms with van der Waals surface area (Å²) in [5.74, 6) is 0.0231. The molecule has 0 aliphatic carbocycles. The molecule has 2 atom stereocenters. The van der Waals surface area contributed by atoms with E-state index in [4.69, 9.17) is 0 Å². The van der Waals surface area contributed by atoms with Crippen LogP contribution in [0, 0.1) is 5.41 Å². The minimum atomic E-state index is -0.477. The first kappa shape index (κ1) is 14.7. The van der Waals surface area contributed by atoms with Gasteiger partial charge in [0.1, 0.15) is 0 Å². The lowest BCUT2D eigenvalue weighted by molar-refractivity contribution is -0.121. The molecule has 1 amide bonds. The molecular formula is C15H23NO2. The third-order valence-electron chi connectivity index (χ3n) is 3.47. The van der Waals surface area contributed by atoms with Gasteiger partial charge in [-0.2, -0.15) is 0 Å². The lowest BCUT2D eigenvalue weighted by Gasteiger charge is -2.33. The summed E-state index contributed by atoms with van der Waals surface area (Å²) < 4.78 is 0. The van der Waals surface area contributed by atoms with E-state index in [9.17, 15) is 9.90 Å². The third kappa shape index (κ3) is 4.15. The van der Waals surface area contributed by atoms with E-state index in [-0.39, 0.29) is 11.3 Å². The van der Waals surface area contributed by atoms with Crippen LogP contribution in [0.15, 0.2) is 30.3 Å². The Morgan fingerprint density at radius 3 is 2.50 bits per heavy atom. The van der Waals surface area contributed by atoms with E-state index < -0.39 is 6.10 Å². The summed E-state index contributed by atoms with van der Waals surface area (Å²) in [4.78, 5) is 11.3. The Labute approximate surface area is 109 Å². The molecule has 3 heteroatoms. The topological polar surface area (TPSA) is 49.3 Å². The van der Waals surface area contributed by atoms with Gasteiger partial charge < -0.3 is 10.4 Å². The Morgan fingerprint density at radius 2 is 2.00 bits per heavy atom. The maximum Gasteiger partial charge on any atom is 0.219 e. The van der Waals surface area contributed by atoms with E-state index in [0.717, 1.165) is 6.42 Å². The molecule has 0 saturated heterocycles. The summed E-state index contributed by atoms with van der Waals surface area (Å²) in [6, 6.07) is 10.0. The molecule has 0 unspecified atom stereocenters. The van der Waals surface area contributed by atoms with Crippen LogP contribution in [0.4, 0.5) is 0 Å². The zero-order valence-corrected chi connectivity index (χ0v) is 11.4. The number of benzene rings is 1. The molecule has 100 valence electrons. The molecule has 0 heterocycles. The summed E-state index contributed by atoms with van der Waals surface area (Å²) >= 11 is 0. The van der Waals surface area contributed by atoms with Crippen molar-refractivity contribution in [1.29, 1.82) is 0 Å². The molecule has 0 fully saturated rings. The molecule has 1 aromatic carbocycles. The van der Waals surface area contributed by atoms with Gasteiger partial charge in [0.25, 0.3) is 0 Å². The normalized spacial score (nSPS) is 15.8. The molecule has 0 radical (unpaired) electrons. The Balaban J connectivity index is 2.71. The summed E-state index contributed by atoms with van der Waals surface area (Å²) in [7, 11) is 0. The van der Waals surface area contributed by atoms with Crippen molar-refractivity contribution in [3.05, 3.63) is 35.9 Å². The molecular weight excluding hydrogens is 226 g/mol. The molecule has 18 heavy (non-hydrogen) atoms. The molecule has 0 saturated carbocycles. The Bertz CT molecular complexity index is 375. The highest BCUT2D eigenvalue weighted by molar-refractivity contribution is 5.75. The van der Waals surface area contributed by atoms with Crippen molar-refractivity contribution >= 4 is 5.91 Å². The van der Waals surface area contributed by atoms with Crippen LogP contribution in [0.3, 0.4) is 0 Å². The molecule has 2 N–H and O–H groups in total. The van der Waals surface area contributed by atoms with Crippen LogP contribution in [0.25, 0.3) is 0 Å². The lowest BCUT2D eigenvalue weighted by Crippen LogP contribution is -2.43. The van der Waals surface area contributed by atoms with Crippen LogP contribution in [0.5, 0.6) is 0 Å². The second-order valence-electron chi connectivity index (χ2n) is 5.12. The van der Waals surface area contributed by atoms with Gasteiger partial charge in [0.2, 0.25) is 5.91 Å². The first-order valence-electron chi connectivity index (χ1n) is 6.46. The van der Waals surface area contributed by atoms with E-state index in [1.807, 2.05) is 44.2 Å². The quantitative estimate of drug-likeness (QED) is 0.811. The third-order valence-corrected chi connectivity index (χ3v) is 3.47. The molecule has 3 nitrogen and oxygen atoms in total. The number of rotatable bonds is 6. The highest BCUT2D eigenvalue weighted by Gasteiger charge is 2.30. The predicted octanol–water partition coefficient (Wildman–Crippen LogP) is 2.14. The standard InChI is InChI=1S/C15H23NO2/c1-4-14(18)16-11-15(3,12(2)17)10-13-8-6-5-7-9-13/h5-9,12,17H,4,10-11H2,1-3H3,(H,16,18)/t12-,15-/m0/s1. The summed E-state index contributed by atoms with van der Waals surface area (Å²) in [5.41, 5.74) is 0.832. The van der Waals surface area contributed by atoms with Gasteiger partial charge >= 0.3 is 0 Å². The van der Waals surface area contributed by atoms with Gasteiger partial charge in [-0.05, 0) is 18.9 Å². The minimum absolute atomic E-state index is 0.0231. The van der Waals surface area contributed by atoms with Gasteiger partial charge in [-0.3, -0.25) is 4.79 Å². The van der Waals surface area contributed by atoms with E-state index in [0.29, 0.717) is 13.0 Å². The fourth-order valence-corrected chi connectivity index (χ4v) is 1.85. The van der Waals surface area contributed by atoms with Gasteiger partial charge in [0.05, 0.1) is 6.10 Å². The molecule has 1 aromatic rings. The maximum absolute atomic E-state index is 11.3. The van der Waals surface area contributed by atoms with E-state index >= 15 is 0 Å². The first-order chi connectivity index (χ1) is 8.48. The van der Waals surface area contributed by atoms with E-state index in [2.05, 4.69) is 5.32 Å². The number of hydrogen-bond acceptors (Lipinski definition) is 2. The number of aliphatic hydroxyl groups is 1. The Hall–Kier alpha value is -1.35. The molecule has 0 aliphatic rings. The zero-order valence-electron chi connectivity index (χ0n) is 11.4. The average Bonchev–Trinajstić information content (AvgIpc) is 2.37.